The minimum absolute atomic E-state index is 0.345. The highest BCUT2D eigenvalue weighted by Gasteiger charge is 2.27. The number of nitrogens with zero attached hydrogens (tertiary/aromatic N) is 5. The Kier molecular flexibility index (Phi) is 3.76. The van der Waals surface area contributed by atoms with Crippen molar-refractivity contribution in [2.24, 2.45) is 0 Å². The van der Waals surface area contributed by atoms with Gasteiger partial charge in [0.05, 0.1) is 11.3 Å². The van der Waals surface area contributed by atoms with Gasteiger partial charge in [-0.15, -0.1) is 11.3 Å². The first-order chi connectivity index (χ1) is 10.2. The van der Waals surface area contributed by atoms with Crippen LogP contribution in [0.15, 0.2) is 23.7 Å². The summed E-state index contributed by atoms with van der Waals surface area (Å²) < 4.78 is 0. The van der Waals surface area contributed by atoms with Crippen molar-refractivity contribution < 1.29 is 0 Å². The van der Waals surface area contributed by atoms with E-state index < -0.39 is 0 Å². The Balaban J connectivity index is 1.78. The second kappa shape index (κ2) is 5.70. The summed E-state index contributed by atoms with van der Waals surface area (Å²) >= 11 is 1.69. The normalized spacial score (nSPS) is 18.6. The fraction of sp³-hybridized carbons (Fsp3) is 0.400. The smallest absolute Gasteiger partial charge is 0.185 e. The fourth-order valence-electron chi connectivity index (χ4n) is 2.64. The molecule has 0 aliphatic carbocycles. The minimum Gasteiger partial charge on any atom is -0.352 e. The number of anilines is 2. The van der Waals surface area contributed by atoms with Gasteiger partial charge in [0.1, 0.15) is 11.9 Å². The fourth-order valence-corrected chi connectivity index (χ4v) is 3.58. The molecule has 0 amide bonds. The third-order valence-corrected chi connectivity index (χ3v) is 4.68. The van der Waals surface area contributed by atoms with Crippen LogP contribution in [0.25, 0.3) is 0 Å². The van der Waals surface area contributed by atoms with Gasteiger partial charge in [-0.3, -0.25) is 0 Å². The number of pyridine rings is 1. The van der Waals surface area contributed by atoms with Gasteiger partial charge in [0.2, 0.25) is 0 Å². The average Bonchev–Trinajstić information content (AvgIpc) is 2.93. The Hall–Kier alpha value is -2.13. The van der Waals surface area contributed by atoms with Crippen molar-refractivity contribution in [3.05, 3.63) is 35.0 Å². The first kappa shape index (κ1) is 13.8. The highest BCUT2D eigenvalue weighted by Crippen LogP contribution is 2.27. The molecule has 0 saturated carbocycles. The summed E-state index contributed by atoms with van der Waals surface area (Å²) in [6.07, 6.45) is 1.75. The second-order valence-corrected chi connectivity index (χ2v) is 6.08. The predicted molar refractivity (Wildman–Crippen MR) is 84.8 cm³/mol. The molecule has 1 fully saturated rings. The lowest BCUT2D eigenvalue weighted by atomic mass is 10.1. The quantitative estimate of drug-likeness (QED) is 0.852. The zero-order valence-corrected chi connectivity index (χ0v) is 13.0. The zero-order chi connectivity index (χ0) is 14.8. The van der Waals surface area contributed by atoms with E-state index in [9.17, 15) is 5.26 Å². The number of rotatable bonds is 2. The Morgan fingerprint density at radius 3 is 2.95 bits per heavy atom. The Morgan fingerprint density at radius 1 is 1.43 bits per heavy atom. The van der Waals surface area contributed by atoms with E-state index in [2.05, 4.69) is 38.1 Å². The molecule has 108 valence electrons. The van der Waals surface area contributed by atoms with E-state index in [1.54, 1.807) is 23.6 Å². The van der Waals surface area contributed by atoms with Crippen molar-refractivity contribution in [3.63, 3.8) is 0 Å². The number of piperazine rings is 1. The Labute approximate surface area is 128 Å². The molecule has 21 heavy (non-hydrogen) atoms. The topological polar surface area (TPSA) is 56.0 Å². The Bertz CT molecular complexity index is 675. The van der Waals surface area contributed by atoms with Gasteiger partial charge >= 0.3 is 0 Å². The first-order valence-electron chi connectivity index (χ1n) is 6.98. The molecule has 3 rings (SSSR count). The molecular weight excluding hydrogens is 282 g/mol. The molecule has 5 nitrogen and oxygen atoms in total. The van der Waals surface area contributed by atoms with E-state index in [-0.39, 0.29) is 0 Å². The summed E-state index contributed by atoms with van der Waals surface area (Å²) in [5, 5.41) is 12.4. The molecule has 0 bridgehead atoms. The summed E-state index contributed by atoms with van der Waals surface area (Å²) in [6, 6.07) is 6.20. The van der Waals surface area contributed by atoms with Gasteiger partial charge in [-0.2, -0.15) is 5.26 Å². The SMILES string of the molecule is Cc1csc(N2CCN(c3ncccc3C#N)CC2C)n1. The van der Waals surface area contributed by atoms with Crippen LogP contribution in [-0.2, 0) is 0 Å². The molecule has 0 aromatic carbocycles. The van der Waals surface area contributed by atoms with Crippen molar-refractivity contribution in [1.29, 1.82) is 5.26 Å². The van der Waals surface area contributed by atoms with Crippen molar-refractivity contribution >= 4 is 22.3 Å². The van der Waals surface area contributed by atoms with Crippen molar-refractivity contribution in [3.8, 4) is 6.07 Å². The molecule has 1 aliphatic heterocycles. The molecule has 6 heteroatoms. The maximum absolute atomic E-state index is 9.21. The monoisotopic (exact) mass is 299 g/mol. The maximum atomic E-state index is 9.21. The van der Waals surface area contributed by atoms with E-state index in [0.29, 0.717) is 11.6 Å². The predicted octanol–water partition coefficient (Wildman–Crippen LogP) is 2.43. The molecule has 3 heterocycles. The van der Waals surface area contributed by atoms with E-state index in [0.717, 1.165) is 36.3 Å². The molecule has 0 N–H and O–H groups in total. The zero-order valence-electron chi connectivity index (χ0n) is 12.2. The van der Waals surface area contributed by atoms with Crippen LogP contribution in [0.4, 0.5) is 10.9 Å². The van der Waals surface area contributed by atoms with Crippen LogP contribution in [0.2, 0.25) is 0 Å². The molecule has 2 aromatic heterocycles. The molecule has 2 aromatic rings. The largest absolute Gasteiger partial charge is 0.352 e. The standard InChI is InChI=1S/C15H17N5S/c1-11-10-21-15(18-11)20-7-6-19(9-12(20)2)14-13(8-16)4-3-5-17-14/h3-5,10,12H,6-7,9H2,1-2H3. The number of hydrogen-bond acceptors (Lipinski definition) is 6. The van der Waals surface area contributed by atoms with Gasteiger partial charge in [0.15, 0.2) is 5.13 Å². The summed E-state index contributed by atoms with van der Waals surface area (Å²) in [5.74, 6) is 0.793. The number of nitriles is 1. The highest BCUT2D eigenvalue weighted by atomic mass is 32.1. The number of thiazole rings is 1. The lowest BCUT2D eigenvalue weighted by molar-refractivity contribution is 0.546. The van der Waals surface area contributed by atoms with Gasteiger partial charge < -0.3 is 9.80 Å². The van der Waals surface area contributed by atoms with Crippen molar-refractivity contribution in [1.82, 2.24) is 9.97 Å². The molecule has 1 aliphatic rings. The van der Waals surface area contributed by atoms with Crippen molar-refractivity contribution in [2.45, 2.75) is 19.9 Å². The summed E-state index contributed by atoms with van der Waals surface area (Å²) in [5.41, 5.74) is 1.71. The maximum Gasteiger partial charge on any atom is 0.185 e. The minimum atomic E-state index is 0.345. The van der Waals surface area contributed by atoms with Gasteiger partial charge in [0, 0.05) is 37.3 Å². The average molecular weight is 299 g/mol. The summed E-state index contributed by atoms with van der Waals surface area (Å²) in [4.78, 5) is 13.5. The van der Waals surface area contributed by atoms with Gasteiger partial charge in [-0.1, -0.05) is 0 Å². The van der Waals surface area contributed by atoms with Crippen LogP contribution in [0.5, 0.6) is 0 Å². The highest BCUT2D eigenvalue weighted by molar-refractivity contribution is 7.13. The van der Waals surface area contributed by atoms with Crippen LogP contribution in [0.1, 0.15) is 18.2 Å². The number of aryl methyl sites for hydroxylation is 1. The van der Waals surface area contributed by atoms with Crippen LogP contribution < -0.4 is 9.80 Å². The lowest BCUT2D eigenvalue weighted by Gasteiger charge is -2.40. The molecule has 1 saturated heterocycles. The van der Waals surface area contributed by atoms with E-state index in [1.807, 2.05) is 13.0 Å². The second-order valence-electron chi connectivity index (χ2n) is 5.25. The van der Waals surface area contributed by atoms with Gasteiger partial charge in [-0.05, 0) is 26.0 Å². The number of hydrogen-bond donors (Lipinski definition) is 0. The van der Waals surface area contributed by atoms with Crippen LogP contribution in [0, 0.1) is 18.3 Å². The van der Waals surface area contributed by atoms with E-state index in [4.69, 9.17) is 0 Å². The third-order valence-electron chi connectivity index (χ3n) is 3.69. The van der Waals surface area contributed by atoms with Crippen LogP contribution in [0.3, 0.4) is 0 Å². The molecular formula is C15H17N5S. The summed E-state index contributed by atoms with van der Waals surface area (Å²) in [7, 11) is 0. The van der Waals surface area contributed by atoms with Gasteiger partial charge in [0.25, 0.3) is 0 Å². The summed E-state index contributed by atoms with van der Waals surface area (Å²) in [6.45, 7) is 6.82. The third kappa shape index (κ3) is 2.69. The molecule has 0 radical (unpaired) electrons. The molecule has 0 spiro atoms. The van der Waals surface area contributed by atoms with Crippen molar-refractivity contribution in [2.75, 3.05) is 29.4 Å². The van der Waals surface area contributed by atoms with E-state index >= 15 is 0 Å². The van der Waals surface area contributed by atoms with Crippen LogP contribution in [-0.4, -0.2) is 35.6 Å². The number of aromatic nitrogens is 2. The van der Waals surface area contributed by atoms with Gasteiger partial charge in [-0.25, -0.2) is 9.97 Å². The first-order valence-corrected chi connectivity index (χ1v) is 7.86. The molecule has 1 unspecified atom stereocenters. The van der Waals surface area contributed by atoms with E-state index in [1.165, 1.54) is 0 Å². The Morgan fingerprint density at radius 2 is 2.29 bits per heavy atom. The molecule has 1 atom stereocenters. The van der Waals surface area contributed by atoms with Crippen LogP contribution >= 0.6 is 11.3 Å². The lowest BCUT2D eigenvalue weighted by Crippen LogP contribution is -2.52.